The third-order valence-electron chi connectivity index (χ3n) is 16.1. The van der Waals surface area contributed by atoms with Gasteiger partial charge in [0.15, 0.2) is 0 Å². The molecule has 0 aliphatic heterocycles. The third-order valence-corrected chi connectivity index (χ3v) is 16.1. The molecule has 0 amide bonds. The van der Waals surface area contributed by atoms with E-state index in [0.29, 0.717) is 53.3 Å². The topological polar surface area (TPSA) is 63.6 Å². The Morgan fingerprint density at radius 1 is 0.727 bits per heavy atom. The maximum Gasteiger partial charge on any atom is 0.309 e. The van der Waals surface area contributed by atoms with Gasteiger partial charge in [0.2, 0.25) is 0 Å². The smallest absolute Gasteiger partial charge is 0.309 e. The highest BCUT2D eigenvalue weighted by Crippen LogP contribution is 2.74. The molecule has 4 nitrogen and oxygen atoms in total. The van der Waals surface area contributed by atoms with Gasteiger partial charge >= 0.3 is 5.97 Å². The first-order valence-corrected chi connectivity index (χ1v) is 18.6. The first-order chi connectivity index (χ1) is 20.7. The summed E-state index contributed by atoms with van der Waals surface area (Å²) in [7, 11) is 0. The number of hydrogen-bond donors (Lipinski definition) is 1. The predicted octanol–water partition coefficient (Wildman–Crippen LogP) is 9.63. The Labute approximate surface area is 267 Å². The van der Waals surface area contributed by atoms with Crippen LogP contribution >= 0.6 is 0 Å². The summed E-state index contributed by atoms with van der Waals surface area (Å²) < 4.78 is 6.13. The maximum absolute atomic E-state index is 13.1. The largest absolute Gasteiger partial charge is 0.481 e. The number of hydrogen-bond acceptors (Lipinski definition) is 3. The lowest BCUT2D eigenvalue weighted by molar-refractivity contribution is -0.175. The number of carboxylic acid groups (broad SMARTS) is 1. The van der Waals surface area contributed by atoms with Gasteiger partial charge in [-0.25, -0.2) is 0 Å². The highest BCUT2D eigenvalue weighted by Gasteiger charge is 2.66. The Morgan fingerprint density at radius 2 is 1.20 bits per heavy atom. The van der Waals surface area contributed by atoms with Crippen LogP contribution in [-0.4, -0.2) is 23.1 Å². The van der Waals surface area contributed by atoms with Crippen LogP contribution in [-0.2, 0) is 14.3 Å². The number of allylic oxidation sites excluding steroid dienone is 4. The van der Waals surface area contributed by atoms with Gasteiger partial charge in [-0.1, -0.05) is 70.3 Å². The third kappa shape index (κ3) is 3.93. The van der Waals surface area contributed by atoms with E-state index in [0.717, 1.165) is 45.0 Å². The summed E-state index contributed by atoms with van der Waals surface area (Å²) in [5.74, 6) is 4.35. The second-order valence-corrected chi connectivity index (χ2v) is 18.4. The molecule has 12 unspecified atom stereocenters. The normalized spacial score (nSPS) is 49.6. The molecule has 7 aliphatic rings. The van der Waals surface area contributed by atoms with Crippen LogP contribution in [0.25, 0.3) is 0 Å². The van der Waals surface area contributed by atoms with Gasteiger partial charge in [-0.3, -0.25) is 9.59 Å². The van der Waals surface area contributed by atoms with Crippen molar-refractivity contribution in [3.05, 3.63) is 22.3 Å². The zero-order valence-corrected chi connectivity index (χ0v) is 29.0. The highest BCUT2D eigenvalue weighted by atomic mass is 16.5. The van der Waals surface area contributed by atoms with Crippen molar-refractivity contribution in [3.63, 3.8) is 0 Å². The molecular formula is C40H60O4. The van der Waals surface area contributed by atoms with Gasteiger partial charge in [0.05, 0.1) is 5.41 Å². The molecule has 0 aromatic heterocycles. The fraction of sp³-hybridized carbons (Fsp3) is 0.850. The summed E-state index contributed by atoms with van der Waals surface area (Å²) in [4.78, 5) is 25.1. The van der Waals surface area contributed by atoms with Crippen molar-refractivity contribution in [1.82, 2.24) is 0 Å². The van der Waals surface area contributed by atoms with Crippen molar-refractivity contribution in [3.8, 4) is 0 Å². The number of carboxylic acids is 1. The van der Waals surface area contributed by atoms with Crippen LogP contribution in [0, 0.1) is 75.4 Å². The number of ether oxygens (including phenoxy) is 1. The van der Waals surface area contributed by atoms with Crippen LogP contribution < -0.4 is 0 Å². The second-order valence-electron chi connectivity index (χ2n) is 18.4. The minimum atomic E-state index is -0.641. The Bertz CT molecular complexity index is 1290. The zero-order valence-electron chi connectivity index (χ0n) is 29.0. The van der Waals surface area contributed by atoms with Crippen LogP contribution in [0.3, 0.4) is 0 Å². The second kappa shape index (κ2) is 10.2. The molecule has 0 radical (unpaired) electrons. The number of rotatable bonds is 5. The summed E-state index contributed by atoms with van der Waals surface area (Å²) >= 11 is 0. The fourth-order valence-corrected chi connectivity index (χ4v) is 14.2. The summed E-state index contributed by atoms with van der Waals surface area (Å²) in [6, 6.07) is 0. The molecule has 4 saturated carbocycles. The molecule has 0 heterocycles. The quantitative estimate of drug-likeness (QED) is 0.251. The Hall–Kier alpha value is -1.58. The minimum absolute atomic E-state index is 0.0487. The summed E-state index contributed by atoms with van der Waals surface area (Å²) in [5.41, 5.74) is 6.36. The lowest BCUT2D eigenvalue weighted by Gasteiger charge is -2.67. The van der Waals surface area contributed by atoms with Crippen molar-refractivity contribution in [1.29, 1.82) is 0 Å². The molecule has 0 aromatic rings. The summed E-state index contributed by atoms with van der Waals surface area (Å²) in [6.45, 7) is 20.0. The standard InChI is InChI=1S/C40H60O4/c1-22(2)24-12-14-29-35-27(20-31-38(29,6)16-10-18-40(31,8)44-21-41)33-25(23(3)4)11-13-28-34(33)26(32(24)35)19-30-37(28,5)15-9-17-39(30,7)36(42)43/h21-31H,9-20H2,1-8H3,(H,42,43). The van der Waals surface area contributed by atoms with Crippen molar-refractivity contribution in [2.45, 2.75) is 138 Å². The monoisotopic (exact) mass is 604 g/mol. The molecule has 12 atom stereocenters. The van der Waals surface area contributed by atoms with E-state index in [2.05, 4.69) is 55.4 Å². The molecule has 4 fully saturated rings. The number of carbonyl (C=O) groups is 2. The number of aliphatic carboxylic acids is 1. The Balaban J connectivity index is 1.48. The molecule has 0 aromatic carbocycles. The van der Waals surface area contributed by atoms with E-state index in [1.807, 2.05) is 5.57 Å². The van der Waals surface area contributed by atoms with Gasteiger partial charge in [0.1, 0.15) is 5.60 Å². The van der Waals surface area contributed by atoms with Gasteiger partial charge in [-0.2, -0.15) is 0 Å². The van der Waals surface area contributed by atoms with Crippen molar-refractivity contribution in [2.75, 3.05) is 0 Å². The summed E-state index contributed by atoms with van der Waals surface area (Å²) in [5, 5.41) is 10.8. The molecule has 7 rings (SSSR count). The molecule has 244 valence electrons. The van der Waals surface area contributed by atoms with E-state index in [1.165, 1.54) is 38.5 Å². The van der Waals surface area contributed by atoms with E-state index in [1.54, 1.807) is 16.7 Å². The lowest BCUT2D eigenvalue weighted by atomic mass is 9.37. The lowest BCUT2D eigenvalue weighted by Crippen LogP contribution is -2.61. The van der Waals surface area contributed by atoms with E-state index < -0.39 is 17.0 Å². The van der Waals surface area contributed by atoms with Crippen LogP contribution in [0.15, 0.2) is 22.3 Å². The van der Waals surface area contributed by atoms with E-state index in [-0.39, 0.29) is 16.7 Å². The van der Waals surface area contributed by atoms with Gasteiger partial charge in [-0.15, -0.1) is 0 Å². The molecule has 1 N–H and O–H groups in total. The first kappa shape index (κ1) is 31.0. The average Bonchev–Trinajstić information content (AvgIpc) is 2.96. The zero-order chi connectivity index (χ0) is 31.6. The van der Waals surface area contributed by atoms with Crippen molar-refractivity contribution >= 4 is 12.4 Å². The average molecular weight is 605 g/mol. The molecule has 0 spiro atoms. The van der Waals surface area contributed by atoms with Gasteiger partial charge < -0.3 is 9.84 Å². The number of fused-ring (bicyclic) bond motifs is 6. The van der Waals surface area contributed by atoms with Crippen LogP contribution in [0.5, 0.6) is 0 Å². The minimum Gasteiger partial charge on any atom is -0.481 e. The SMILES string of the molecule is CC(C)C1CCC2C3=C1C1CC4C(C)(C(=O)O)CCCC4(C)C4CCC(C(C)C)C(=C14)C3CC1C(C)(OC=O)CCCC21C. The van der Waals surface area contributed by atoms with E-state index >= 15 is 0 Å². The Morgan fingerprint density at radius 3 is 1.68 bits per heavy atom. The van der Waals surface area contributed by atoms with Gasteiger partial charge in [-0.05, 0) is 137 Å². The van der Waals surface area contributed by atoms with Crippen LogP contribution in [0.4, 0.5) is 0 Å². The Kier molecular flexibility index (Phi) is 7.20. The first-order valence-electron chi connectivity index (χ1n) is 18.6. The van der Waals surface area contributed by atoms with Gasteiger partial charge in [0.25, 0.3) is 6.47 Å². The van der Waals surface area contributed by atoms with E-state index in [4.69, 9.17) is 4.74 Å². The molecule has 4 heteroatoms. The highest BCUT2D eigenvalue weighted by molar-refractivity contribution is 5.75. The molecule has 7 aliphatic carbocycles. The van der Waals surface area contributed by atoms with E-state index in [9.17, 15) is 14.7 Å². The molecule has 44 heavy (non-hydrogen) atoms. The fourth-order valence-electron chi connectivity index (χ4n) is 14.2. The van der Waals surface area contributed by atoms with Crippen LogP contribution in [0.1, 0.15) is 132 Å². The summed E-state index contributed by atoms with van der Waals surface area (Å²) in [6.07, 6.45) is 13.5. The van der Waals surface area contributed by atoms with Crippen LogP contribution in [0.2, 0.25) is 0 Å². The molecule has 0 bridgehead atoms. The molecule has 0 saturated heterocycles. The maximum atomic E-state index is 13.1. The van der Waals surface area contributed by atoms with Crippen molar-refractivity contribution < 1.29 is 19.4 Å². The van der Waals surface area contributed by atoms with Crippen molar-refractivity contribution in [2.24, 2.45) is 75.4 Å². The molecular weight excluding hydrogens is 544 g/mol. The number of carbonyl (C=O) groups excluding carboxylic acids is 1. The van der Waals surface area contributed by atoms with Gasteiger partial charge in [0, 0.05) is 17.8 Å². The predicted molar refractivity (Wildman–Crippen MR) is 175 cm³/mol.